The average molecular weight is 308 g/mol. The first-order valence-corrected chi connectivity index (χ1v) is 8.28. The van der Waals surface area contributed by atoms with Gasteiger partial charge in [-0.05, 0) is 25.3 Å². The Morgan fingerprint density at radius 3 is 2.60 bits per heavy atom. The summed E-state index contributed by atoms with van der Waals surface area (Å²) in [7, 11) is 0. The van der Waals surface area contributed by atoms with Crippen LogP contribution in [0, 0.1) is 6.92 Å². The molecular weight excluding hydrogens is 288 g/mol. The maximum atomic E-state index is 11.8. The van der Waals surface area contributed by atoms with Crippen LogP contribution in [0.4, 0.5) is 0 Å². The number of nitrogens with zero attached hydrogens (tertiary/aromatic N) is 1. The van der Waals surface area contributed by atoms with Crippen molar-refractivity contribution in [2.75, 3.05) is 18.8 Å². The maximum Gasteiger partial charge on any atom is 0.230 e. The van der Waals surface area contributed by atoms with Gasteiger partial charge in [0.05, 0.1) is 5.75 Å². The summed E-state index contributed by atoms with van der Waals surface area (Å²) in [5.74, 6) is 0.443. The van der Waals surface area contributed by atoms with Crippen LogP contribution < -0.4 is 5.32 Å². The normalized spacial score (nSPS) is 14.3. The van der Waals surface area contributed by atoms with Gasteiger partial charge in [0, 0.05) is 19.6 Å². The largest absolute Gasteiger partial charge is 0.358 e. The quantitative estimate of drug-likeness (QED) is 0.867. The fraction of sp³-hybridized carbons (Fsp3) is 0.467. The van der Waals surface area contributed by atoms with Crippen molar-refractivity contribution in [2.24, 2.45) is 0 Å². The minimum Gasteiger partial charge on any atom is -0.358 e. The van der Waals surface area contributed by atoms with Gasteiger partial charge in [-0.3, -0.25) is 4.79 Å². The average Bonchev–Trinajstić information content (AvgIpc) is 2.98. The Hall–Kier alpha value is -1.07. The summed E-state index contributed by atoms with van der Waals surface area (Å²) in [6.45, 7) is 4.71. The van der Waals surface area contributed by atoms with E-state index in [4.69, 9.17) is 12.2 Å². The predicted molar refractivity (Wildman–Crippen MR) is 88.9 cm³/mol. The van der Waals surface area contributed by atoms with Gasteiger partial charge in [0.2, 0.25) is 5.91 Å². The fourth-order valence-electron chi connectivity index (χ4n) is 2.08. The number of nitrogens with one attached hydrogen (secondary N) is 1. The molecule has 20 heavy (non-hydrogen) atoms. The van der Waals surface area contributed by atoms with E-state index in [1.807, 2.05) is 12.1 Å². The molecule has 1 heterocycles. The minimum atomic E-state index is 0.0390. The molecule has 108 valence electrons. The molecule has 1 N–H and O–H groups in total. The van der Waals surface area contributed by atoms with Gasteiger partial charge in [-0.1, -0.05) is 53.8 Å². The van der Waals surface area contributed by atoms with E-state index in [0.29, 0.717) is 12.3 Å². The Morgan fingerprint density at radius 2 is 1.95 bits per heavy atom. The molecule has 0 aliphatic carbocycles. The lowest BCUT2D eigenvalue weighted by atomic mass is 10.1. The molecule has 5 heteroatoms. The molecule has 1 aromatic rings. The SMILES string of the molecule is Cc1ccc(CNC(=O)CSC(=S)N2CCCC2)cc1. The standard InChI is InChI=1S/C15H20N2OS2/c1-12-4-6-13(7-5-12)10-16-14(18)11-20-15(19)17-8-2-3-9-17/h4-7H,2-3,8-11H2,1H3,(H,16,18). The number of hydrogen-bond donors (Lipinski definition) is 1. The van der Waals surface area contributed by atoms with Crippen LogP contribution in [-0.2, 0) is 11.3 Å². The van der Waals surface area contributed by atoms with Gasteiger partial charge >= 0.3 is 0 Å². The highest BCUT2D eigenvalue weighted by Gasteiger charge is 2.15. The van der Waals surface area contributed by atoms with Crippen molar-refractivity contribution in [3.63, 3.8) is 0 Å². The summed E-state index contributed by atoms with van der Waals surface area (Å²) >= 11 is 6.80. The van der Waals surface area contributed by atoms with Crippen LogP contribution >= 0.6 is 24.0 Å². The molecule has 1 amide bonds. The molecule has 1 aliphatic heterocycles. The molecule has 1 aliphatic rings. The summed E-state index contributed by atoms with van der Waals surface area (Å²) in [6, 6.07) is 8.19. The first kappa shape index (κ1) is 15.3. The zero-order valence-corrected chi connectivity index (χ0v) is 13.4. The summed E-state index contributed by atoms with van der Waals surface area (Å²) < 4.78 is 0.855. The smallest absolute Gasteiger partial charge is 0.230 e. The third-order valence-electron chi connectivity index (χ3n) is 3.30. The monoisotopic (exact) mass is 308 g/mol. The van der Waals surface area contributed by atoms with E-state index in [2.05, 4.69) is 29.3 Å². The third-order valence-corrected chi connectivity index (χ3v) is 4.82. The highest BCUT2D eigenvalue weighted by Crippen LogP contribution is 2.15. The molecule has 0 bridgehead atoms. The number of rotatable bonds is 4. The zero-order valence-electron chi connectivity index (χ0n) is 11.7. The number of thioether (sulfide) groups is 1. The van der Waals surface area contributed by atoms with E-state index in [-0.39, 0.29) is 5.91 Å². The lowest BCUT2D eigenvalue weighted by Crippen LogP contribution is -2.28. The van der Waals surface area contributed by atoms with E-state index in [1.165, 1.54) is 30.2 Å². The fourth-order valence-corrected chi connectivity index (χ4v) is 3.16. The van der Waals surface area contributed by atoms with Crippen molar-refractivity contribution in [2.45, 2.75) is 26.3 Å². The van der Waals surface area contributed by atoms with Crippen LogP contribution in [0.25, 0.3) is 0 Å². The molecule has 0 atom stereocenters. The predicted octanol–water partition coefficient (Wildman–Crippen LogP) is 2.73. The highest BCUT2D eigenvalue weighted by atomic mass is 32.2. The van der Waals surface area contributed by atoms with E-state index in [0.717, 1.165) is 23.0 Å². The number of likely N-dealkylation sites (tertiary alicyclic amines) is 1. The molecule has 0 radical (unpaired) electrons. The number of hydrogen-bond acceptors (Lipinski definition) is 3. The van der Waals surface area contributed by atoms with Crippen LogP contribution in [0.5, 0.6) is 0 Å². The summed E-state index contributed by atoms with van der Waals surface area (Å²) in [5, 5.41) is 2.93. The second-order valence-electron chi connectivity index (χ2n) is 5.01. The number of aryl methyl sites for hydroxylation is 1. The van der Waals surface area contributed by atoms with Crippen molar-refractivity contribution in [1.82, 2.24) is 10.2 Å². The van der Waals surface area contributed by atoms with E-state index in [9.17, 15) is 4.79 Å². The van der Waals surface area contributed by atoms with Gasteiger partial charge in [0.25, 0.3) is 0 Å². The highest BCUT2D eigenvalue weighted by molar-refractivity contribution is 8.23. The van der Waals surface area contributed by atoms with Crippen molar-refractivity contribution < 1.29 is 4.79 Å². The van der Waals surface area contributed by atoms with Gasteiger partial charge in [0.15, 0.2) is 0 Å². The van der Waals surface area contributed by atoms with Gasteiger partial charge < -0.3 is 10.2 Å². The summed E-state index contributed by atoms with van der Waals surface area (Å²) in [5.41, 5.74) is 2.35. The molecule has 1 aromatic carbocycles. The van der Waals surface area contributed by atoms with Gasteiger partial charge in [-0.15, -0.1) is 0 Å². The molecule has 2 rings (SSSR count). The molecule has 0 unspecified atom stereocenters. The number of carbonyl (C=O) groups is 1. The Morgan fingerprint density at radius 1 is 1.30 bits per heavy atom. The summed E-state index contributed by atoms with van der Waals surface area (Å²) in [4.78, 5) is 14.0. The van der Waals surface area contributed by atoms with E-state index >= 15 is 0 Å². The van der Waals surface area contributed by atoms with E-state index < -0.39 is 0 Å². The van der Waals surface area contributed by atoms with Gasteiger partial charge in [-0.25, -0.2) is 0 Å². The molecule has 1 fully saturated rings. The van der Waals surface area contributed by atoms with Crippen molar-refractivity contribution in [3.8, 4) is 0 Å². The molecule has 0 aromatic heterocycles. The molecule has 3 nitrogen and oxygen atoms in total. The van der Waals surface area contributed by atoms with Crippen LogP contribution in [0.15, 0.2) is 24.3 Å². The lowest BCUT2D eigenvalue weighted by Gasteiger charge is -2.17. The summed E-state index contributed by atoms with van der Waals surface area (Å²) in [6.07, 6.45) is 2.42. The van der Waals surface area contributed by atoms with Crippen LogP contribution in [0.1, 0.15) is 24.0 Å². The number of carbonyl (C=O) groups excluding carboxylic acids is 1. The Bertz CT molecular complexity index is 467. The van der Waals surface area contributed by atoms with Gasteiger partial charge in [0.1, 0.15) is 4.32 Å². The lowest BCUT2D eigenvalue weighted by molar-refractivity contribution is -0.118. The first-order chi connectivity index (χ1) is 9.65. The Balaban J connectivity index is 1.67. The molecule has 0 saturated carbocycles. The van der Waals surface area contributed by atoms with Gasteiger partial charge in [-0.2, -0.15) is 0 Å². The molecule has 0 spiro atoms. The number of thiocarbonyl (C=S) groups is 1. The second kappa shape index (κ2) is 7.64. The maximum absolute atomic E-state index is 11.8. The molecular formula is C15H20N2OS2. The van der Waals surface area contributed by atoms with E-state index in [1.54, 1.807) is 0 Å². The van der Waals surface area contributed by atoms with Crippen LogP contribution in [0.3, 0.4) is 0 Å². The van der Waals surface area contributed by atoms with Crippen molar-refractivity contribution in [3.05, 3.63) is 35.4 Å². The van der Waals surface area contributed by atoms with Crippen molar-refractivity contribution in [1.29, 1.82) is 0 Å². The number of amides is 1. The van der Waals surface area contributed by atoms with Crippen LogP contribution in [0.2, 0.25) is 0 Å². The first-order valence-electron chi connectivity index (χ1n) is 6.89. The number of benzene rings is 1. The third kappa shape index (κ3) is 4.80. The van der Waals surface area contributed by atoms with Crippen molar-refractivity contribution >= 4 is 34.2 Å². The topological polar surface area (TPSA) is 32.3 Å². The van der Waals surface area contributed by atoms with Crippen LogP contribution in [-0.4, -0.2) is 34.0 Å². The Kier molecular flexibility index (Phi) is 5.86. The molecule has 1 saturated heterocycles. The minimum absolute atomic E-state index is 0.0390. The Labute approximate surface area is 130 Å². The second-order valence-corrected chi connectivity index (χ2v) is 6.62. The zero-order chi connectivity index (χ0) is 14.4.